The Balaban J connectivity index is 1.68. The molecule has 0 atom stereocenters. The normalized spacial score (nSPS) is 10.3. The molecule has 1 aromatic heterocycles. The number of hydrogen-bond donors (Lipinski definition) is 1. The number of ketones is 1. The Labute approximate surface area is 138 Å². The standard InChI is InChI=1S/C19H14O5/c20-17(14-4-2-1-3-5-14)12-24-15-8-6-13(7-9-15)16-10-11-23-18(16)19(21)22/h1-11H,12H2,(H,21,22). The van der Waals surface area contributed by atoms with Gasteiger partial charge < -0.3 is 14.3 Å². The van der Waals surface area contributed by atoms with Gasteiger partial charge in [0.25, 0.3) is 0 Å². The van der Waals surface area contributed by atoms with Crippen LogP contribution in [0.15, 0.2) is 71.3 Å². The molecule has 1 N–H and O–H groups in total. The van der Waals surface area contributed by atoms with Crippen molar-refractivity contribution in [2.45, 2.75) is 0 Å². The quantitative estimate of drug-likeness (QED) is 0.696. The summed E-state index contributed by atoms with van der Waals surface area (Å²) in [7, 11) is 0. The fourth-order valence-electron chi connectivity index (χ4n) is 2.29. The van der Waals surface area contributed by atoms with Crippen molar-refractivity contribution in [3.05, 3.63) is 78.3 Å². The summed E-state index contributed by atoms with van der Waals surface area (Å²) in [5, 5.41) is 9.07. The number of carbonyl (C=O) groups excluding carboxylic acids is 1. The molecule has 3 aromatic rings. The van der Waals surface area contributed by atoms with Crippen molar-refractivity contribution < 1.29 is 23.8 Å². The molecule has 5 heteroatoms. The molecule has 24 heavy (non-hydrogen) atoms. The van der Waals surface area contributed by atoms with E-state index in [1.54, 1.807) is 54.6 Å². The zero-order valence-corrected chi connectivity index (χ0v) is 12.6. The first-order valence-electron chi connectivity index (χ1n) is 7.27. The Morgan fingerprint density at radius 2 is 1.67 bits per heavy atom. The Kier molecular flexibility index (Phi) is 4.43. The summed E-state index contributed by atoms with van der Waals surface area (Å²) in [5.41, 5.74) is 1.79. The van der Waals surface area contributed by atoms with Crippen LogP contribution in [0, 0.1) is 0 Å². The number of furan rings is 1. The number of carbonyl (C=O) groups is 2. The van der Waals surface area contributed by atoms with Gasteiger partial charge in [0.05, 0.1) is 6.26 Å². The van der Waals surface area contributed by atoms with Crippen LogP contribution in [0.4, 0.5) is 0 Å². The number of carboxylic acid groups (broad SMARTS) is 1. The molecule has 5 nitrogen and oxygen atoms in total. The van der Waals surface area contributed by atoms with Crippen LogP contribution in [0.25, 0.3) is 11.1 Å². The zero-order valence-electron chi connectivity index (χ0n) is 12.6. The fourth-order valence-corrected chi connectivity index (χ4v) is 2.29. The van der Waals surface area contributed by atoms with E-state index in [9.17, 15) is 9.59 Å². The molecule has 120 valence electrons. The molecule has 0 fully saturated rings. The Bertz CT molecular complexity index is 847. The van der Waals surface area contributed by atoms with Gasteiger partial charge in [-0.3, -0.25) is 4.79 Å². The SMILES string of the molecule is O=C(COc1ccc(-c2ccoc2C(=O)O)cc1)c1ccccc1. The largest absolute Gasteiger partial charge is 0.485 e. The first-order chi connectivity index (χ1) is 11.6. The van der Waals surface area contributed by atoms with E-state index >= 15 is 0 Å². The number of benzene rings is 2. The number of hydrogen-bond acceptors (Lipinski definition) is 4. The molecule has 0 radical (unpaired) electrons. The van der Waals surface area contributed by atoms with Crippen molar-refractivity contribution in [3.63, 3.8) is 0 Å². The Morgan fingerprint density at radius 3 is 2.33 bits per heavy atom. The van der Waals surface area contributed by atoms with E-state index in [0.717, 1.165) is 0 Å². The smallest absolute Gasteiger partial charge is 0.372 e. The van der Waals surface area contributed by atoms with Crippen LogP contribution in [-0.4, -0.2) is 23.5 Å². The maximum absolute atomic E-state index is 12.0. The summed E-state index contributed by atoms with van der Waals surface area (Å²) >= 11 is 0. The van der Waals surface area contributed by atoms with E-state index in [-0.39, 0.29) is 18.2 Å². The minimum Gasteiger partial charge on any atom is -0.485 e. The number of ether oxygens (including phenoxy) is 1. The van der Waals surface area contributed by atoms with Gasteiger partial charge in [0, 0.05) is 11.1 Å². The molecule has 0 spiro atoms. The predicted octanol–water partition coefficient (Wildman–Crippen LogP) is 3.91. The third-order valence-electron chi connectivity index (χ3n) is 3.49. The lowest BCUT2D eigenvalue weighted by Gasteiger charge is -2.06. The lowest BCUT2D eigenvalue weighted by Crippen LogP contribution is -2.11. The second-order valence-electron chi connectivity index (χ2n) is 5.07. The van der Waals surface area contributed by atoms with Crippen LogP contribution in [0.1, 0.15) is 20.9 Å². The predicted molar refractivity (Wildman–Crippen MR) is 87.4 cm³/mol. The minimum absolute atomic E-state index is 0.0601. The van der Waals surface area contributed by atoms with Crippen LogP contribution in [0.5, 0.6) is 5.75 Å². The molecule has 2 aromatic carbocycles. The van der Waals surface area contributed by atoms with Crippen LogP contribution in [-0.2, 0) is 0 Å². The zero-order chi connectivity index (χ0) is 16.9. The van der Waals surface area contributed by atoms with E-state index < -0.39 is 5.97 Å². The third-order valence-corrected chi connectivity index (χ3v) is 3.49. The van der Waals surface area contributed by atoms with Crippen LogP contribution >= 0.6 is 0 Å². The highest BCUT2D eigenvalue weighted by atomic mass is 16.5. The number of Topliss-reactive ketones (excluding diaryl/α,β-unsaturated/α-hetero) is 1. The van der Waals surface area contributed by atoms with Gasteiger partial charge in [-0.15, -0.1) is 0 Å². The molecule has 0 saturated heterocycles. The lowest BCUT2D eigenvalue weighted by atomic mass is 10.1. The van der Waals surface area contributed by atoms with Crippen molar-refractivity contribution in [2.24, 2.45) is 0 Å². The number of aromatic carboxylic acids is 1. The molecular formula is C19H14O5. The van der Waals surface area contributed by atoms with Gasteiger partial charge in [0.15, 0.2) is 12.4 Å². The molecule has 0 aliphatic heterocycles. The highest BCUT2D eigenvalue weighted by Gasteiger charge is 2.15. The van der Waals surface area contributed by atoms with Crippen LogP contribution in [0.3, 0.4) is 0 Å². The Hall–Kier alpha value is -3.34. The average Bonchev–Trinajstić information content (AvgIpc) is 3.11. The lowest BCUT2D eigenvalue weighted by molar-refractivity contribution is 0.0663. The first kappa shape index (κ1) is 15.6. The van der Waals surface area contributed by atoms with Crippen molar-refractivity contribution in [3.8, 4) is 16.9 Å². The van der Waals surface area contributed by atoms with Gasteiger partial charge in [0.1, 0.15) is 5.75 Å². The monoisotopic (exact) mass is 322 g/mol. The molecule has 0 aliphatic rings. The van der Waals surface area contributed by atoms with Crippen molar-refractivity contribution in [2.75, 3.05) is 6.61 Å². The van der Waals surface area contributed by atoms with Crippen LogP contribution < -0.4 is 4.74 Å². The van der Waals surface area contributed by atoms with Crippen LogP contribution in [0.2, 0.25) is 0 Å². The van der Waals surface area contributed by atoms with E-state index in [4.69, 9.17) is 14.3 Å². The van der Waals surface area contributed by atoms with Gasteiger partial charge in [-0.05, 0) is 23.8 Å². The summed E-state index contributed by atoms with van der Waals surface area (Å²) in [6, 6.07) is 17.3. The molecule has 0 bridgehead atoms. The topological polar surface area (TPSA) is 76.7 Å². The summed E-state index contributed by atoms with van der Waals surface area (Å²) in [5.74, 6) is -0.808. The maximum Gasteiger partial charge on any atom is 0.372 e. The summed E-state index contributed by atoms with van der Waals surface area (Å²) in [4.78, 5) is 23.1. The molecule has 0 amide bonds. The summed E-state index contributed by atoms with van der Waals surface area (Å²) in [6.45, 7) is -0.0601. The highest BCUT2D eigenvalue weighted by molar-refractivity contribution is 5.97. The van der Waals surface area contributed by atoms with Gasteiger partial charge >= 0.3 is 5.97 Å². The number of carboxylic acids is 1. The van der Waals surface area contributed by atoms with Gasteiger partial charge in [-0.25, -0.2) is 4.79 Å². The second kappa shape index (κ2) is 6.83. The average molecular weight is 322 g/mol. The molecule has 0 unspecified atom stereocenters. The number of rotatable bonds is 6. The third kappa shape index (κ3) is 3.35. The van der Waals surface area contributed by atoms with Gasteiger partial charge in [-0.2, -0.15) is 0 Å². The molecule has 1 heterocycles. The summed E-state index contributed by atoms with van der Waals surface area (Å²) in [6.07, 6.45) is 1.34. The highest BCUT2D eigenvalue weighted by Crippen LogP contribution is 2.26. The second-order valence-corrected chi connectivity index (χ2v) is 5.07. The van der Waals surface area contributed by atoms with E-state index in [1.165, 1.54) is 6.26 Å². The van der Waals surface area contributed by atoms with Gasteiger partial charge in [0.2, 0.25) is 5.76 Å². The van der Waals surface area contributed by atoms with Crippen molar-refractivity contribution in [1.82, 2.24) is 0 Å². The summed E-state index contributed by atoms with van der Waals surface area (Å²) < 4.78 is 10.4. The van der Waals surface area contributed by atoms with Crippen molar-refractivity contribution >= 4 is 11.8 Å². The molecule has 0 saturated carbocycles. The van der Waals surface area contributed by atoms with Gasteiger partial charge in [-0.1, -0.05) is 42.5 Å². The van der Waals surface area contributed by atoms with E-state index in [0.29, 0.717) is 22.4 Å². The minimum atomic E-state index is -1.12. The van der Waals surface area contributed by atoms with E-state index in [1.807, 2.05) is 6.07 Å². The molecule has 3 rings (SSSR count). The Morgan fingerprint density at radius 1 is 0.958 bits per heavy atom. The van der Waals surface area contributed by atoms with E-state index in [2.05, 4.69) is 0 Å². The first-order valence-corrected chi connectivity index (χ1v) is 7.27. The van der Waals surface area contributed by atoms with Crippen molar-refractivity contribution in [1.29, 1.82) is 0 Å². The molecule has 0 aliphatic carbocycles. The molecular weight excluding hydrogens is 308 g/mol. The fraction of sp³-hybridized carbons (Fsp3) is 0.0526. The maximum atomic E-state index is 12.0.